The largest absolute Gasteiger partial charge is 0.360 e. The van der Waals surface area contributed by atoms with Crippen molar-refractivity contribution in [2.45, 2.75) is 0 Å². The molecule has 1 heterocycles. The number of anilines is 1. The van der Waals surface area contributed by atoms with Gasteiger partial charge in [0.2, 0.25) is 0 Å². The van der Waals surface area contributed by atoms with Crippen LogP contribution in [0.3, 0.4) is 0 Å². The molecule has 0 unspecified atom stereocenters. The first-order valence-electron chi connectivity index (χ1n) is 3.21. The van der Waals surface area contributed by atoms with Crippen molar-refractivity contribution in [3.8, 4) is 0 Å². The fourth-order valence-corrected chi connectivity index (χ4v) is 0.749. The van der Waals surface area contributed by atoms with Crippen molar-refractivity contribution >= 4 is 5.82 Å². The summed E-state index contributed by atoms with van der Waals surface area (Å²) in [4.78, 5) is 4.34. The lowest BCUT2D eigenvalue weighted by atomic mass is 10.4. The second-order valence-electron chi connectivity index (χ2n) is 2.46. The van der Waals surface area contributed by atoms with Crippen molar-refractivity contribution in [3.05, 3.63) is 23.6 Å². The van der Waals surface area contributed by atoms with Gasteiger partial charge in [0.15, 0.2) is 17.5 Å². The Morgan fingerprint density at radius 2 is 1.75 bits per heavy atom. The van der Waals surface area contributed by atoms with E-state index in [4.69, 9.17) is 0 Å². The predicted molar refractivity (Wildman–Crippen MR) is 38.4 cm³/mol. The lowest BCUT2D eigenvalue weighted by Gasteiger charge is -2.11. The number of nitrogens with zero attached hydrogens (tertiary/aromatic N) is 2. The topological polar surface area (TPSA) is 16.1 Å². The van der Waals surface area contributed by atoms with Crippen LogP contribution in [0.1, 0.15) is 0 Å². The van der Waals surface area contributed by atoms with Crippen LogP contribution in [0.15, 0.2) is 6.07 Å². The molecule has 1 aromatic rings. The summed E-state index contributed by atoms with van der Waals surface area (Å²) < 4.78 is 37.5. The summed E-state index contributed by atoms with van der Waals surface area (Å²) in [6, 6.07) is 0.470. The molecule has 12 heavy (non-hydrogen) atoms. The fraction of sp³-hybridized carbons (Fsp3) is 0.286. The van der Waals surface area contributed by atoms with E-state index in [0.29, 0.717) is 6.07 Å². The Kier molecular flexibility index (Phi) is 2.21. The first-order valence-corrected chi connectivity index (χ1v) is 3.21. The van der Waals surface area contributed by atoms with Crippen LogP contribution in [0, 0.1) is 17.6 Å². The van der Waals surface area contributed by atoms with Crippen LogP contribution in [0.4, 0.5) is 19.0 Å². The second-order valence-corrected chi connectivity index (χ2v) is 2.46. The van der Waals surface area contributed by atoms with E-state index in [1.54, 1.807) is 0 Å². The Morgan fingerprint density at radius 1 is 1.17 bits per heavy atom. The first kappa shape index (κ1) is 8.83. The van der Waals surface area contributed by atoms with E-state index >= 15 is 0 Å². The first-order chi connectivity index (χ1) is 5.52. The highest BCUT2D eigenvalue weighted by molar-refractivity contribution is 5.37. The molecule has 1 aromatic heterocycles. The van der Waals surface area contributed by atoms with Crippen molar-refractivity contribution in [1.29, 1.82) is 0 Å². The van der Waals surface area contributed by atoms with Crippen LogP contribution < -0.4 is 4.90 Å². The summed E-state index contributed by atoms with van der Waals surface area (Å²) in [6.07, 6.45) is 0. The van der Waals surface area contributed by atoms with Gasteiger partial charge in [-0.3, -0.25) is 0 Å². The third-order valence-corrected chi connectivity index (χ3v) is 1.29. The minimum atomic E-state index is -1.29. The van der Waals surface area contributed by atoms with Gasteiger partial charge in [-0.15, -0.1) is 0 Å². The summed E-state index contributed by atoms with van der Waals surface area (Å²) in [5, 5.41) is 0. The molecule has 0 atom stereocenters. The van der Waals surface area contributed by atoms with Crippen molar-refractivity contribution in [3.63, 3.8) is 0 Å². The lowest BCUT2D eigenvalue weighted by molar-refractivity contribution is 0.464. The van der Waals surface area contributed by atoms with Crippen molar-refractivity contribution in [2.75, 3.05) is 19.0 Å². The van der Waals surface area contributed by atoms with Crippen molar-refractivity contribution in [2.24, 2.45) is 0 Å². The normalized spacial score (nSPS) is 10.1. The Hall–Kier alpha value is -1.26. The van der Waals surface area contributed by atoms with E-state index in [1.165, 1.54) is 19.0 Å². The molecule has 0 spiro atoms. The Balaban J connectivity index is 3.23. The molecule has 0 bridgehead atoms. The van der Waals surface area contributed by atoms with Crippen LogP contribution in [0.2, 0.25) is 0 Å². The summed E-state index contributed by atoms with van der Waals surface area (Å²) in [5.41, 5.74) is 0. The molecular formula is C7H7F3N2. The number of halogens is 3. The molecule has 0 saturated heterocycles. The summed E-state index contributed by atoms with van der Waals surface area (Å²) in [5.74, 6) is -3.66. The average molecular weight is 176 g/mol. The van der Waals surface area contributed by atoms with E-state index in [9.17, 15) is 13.2 Å². The standard InChI is InChI=1S/C7H7F3N2/c1-12(2)7-5(9)3-4(8)6(10)11-7/h3H,1-2H3. The molecule has 0 amide bonds. The van der Waals surface area contributed by atoms with E-state index in [1.807, 2.05) is 0 Å². The van der Waals surface area contributed by atoms with Crippen LogP contribution in [0.5, 0.6) is 0 Å². The molecule has 0 saturated carbocycles. The minimum Gasteiger partial charge on any atom is -0.360 e. The van der Waals surface area contributed by atoms with Crippen LogP contribution >= 0.6 is 0 Å². The summed E-state index contributed by atoms with van der Waals surface area (Å²) >= 11 is 0. The SMILES string of the molecule is CN(C)c1nc(F)c(F)cc1F. The third-order valence-electron chi connectivity index (χ3n) is 1.29. The zero-order chi connectivity index (χ0) is 9.30. The average Bonchev–Trinajstić information content (AvgIpc) is 1.96. The lowest BCUT2D eigenvalue weighted by Crippen LogP contribution is -2.14. The van der Waals surface area contributed by atoms with Gasteiger partial charge < -0.3 is 4.90 Å². The summed E-state index contributed by atoms with van der Waals surface area (Å²) in [7, 11) is 2.98. The van der Waals surface area contributed by atoms with E-state index in [2.05, 4.69) is 4.98 Å². The van der Waals surface area contributed by atoms with E-state index in [0.717, 1.165) is 0 Å². The smallest absolute Gasteiger partial charge is 0.251 e. The van der Waals surface area contributed by atoms with Gasteiger partial charge in [-0.25, -0.2) is 8.78 Å². The predicted octanol–water partition coefficient (Wildman–Crippen LogP) is 1.56. The van der Waals surface area contributed by atoms with Crippen molar-refractivity contribution < 1.29 is 13.2 Å². The van der Waals surface area contributed by atoms with E-state index < -0.39 is 17.6 Å². The number of rotatable bonds is 1. The highest BCUT2D eigenvalue weighted by Crippen LogP contribution is 2.15. The van der Waals surface area contributed by atoms with Gasteiger partial charge in [0.25, 0.3) is 5.95 Å². The molecule has 2 nitrogen and oxygen atoms in total. The number of hydrogen-bond donors (Lipinski definition) is 0. The molecule has 0 aromatic carbocycles. The Labute approximate surface area is 67.6 Å². The van der Waals surface area contributed by atoms with Gasteiger partial charge in [0.05, 0.1) is 0 Å². The van der Waals surface area contributed by atoms with Crippen molar-refractivity contribution in [1.82, 2.24) is 4.98 Å². The molecule has 0 radical (unpaired) electrons. The molecule has 66 valence electrons. The highest BCUT2D eigenvalue weighted by atomic mass is 19.2. The number of aromatic nitrogens is 1. The van der Waals surface area contributed by atoms with Crippen LogP contribution in [-0.2, 0) is 0 Å². The van der Waals surface area contributed by atoms with Gasteiger partial charge in [-0.05, 0) is 0 Å². The quantitative estimate of drug-likeness (QED) is 0.604. The fourth-order valence-electron chi connectivity index (χ4n) is 0.749. The second kappa shape index (κ2) is 3.00. The highest BCUT2D eigenvalue weighted by Gasteiger charge is 2.12. The maximum atomic E-state index is 12.8. The van der Waals surface area contributed by atoms with Crippen LogP contribution in [-0.4, -0.2) is 19.1 Å². The van der Waals surface area contributed by atoms with Gasteiger partial charge in [0.1, 0.15) is 0 Å². The van der Waals surface area contributed by atoms with Gasteiger partial charge in [0, 0.05) is 20.2 Å². The molecule has 0 aliphatic rings. The molecular weight excluding hydrogens is 169 g/mol. The molecule has 0 aliphatic carbocycles. The van der Waals surface area contributed by atoms with Gasteiger partial charge in [-0.1, -0.05) is 0 Å². The molecule has 5 heteroatoms. The molecule has 0 aliphatic heterocycles. The molecule has 1 rings (SSSR count). The Bertz CT molecular complexity index is 299. The maximum absolute atomic E-state index is 12.8. The van der Waals surface area contributed by atoms with E-state index in [-0.39, 0.29) is 5.82 Å². The number of pyridine rings is 1. The minimum absolute atomic E-state index is 0.214. The zero-order valence-electron chi connectivity index (χ0n) is 6.61. The maximum Gasteiger partial charge on any atom is 0.251 e. The number of hydrogen-bond acceptors (Lipinski definition) is 2. The van der Waals surface area contributed by atoms with Gasteiger partial charge >= 0.3 is 0 Å². The molecule has 0 N–H and O–H groups in total. The van der Waals surface area contributed by atoms with Gasteiger partial charge in [-0.2, -0.15) is 9.37 Å². The van der Waals surface area contributed by atoms with Crippen LogP contribution in [0.25, 0.3) is 0 Å². The third kappa shape index (κ3) is 1.49. The molecule has 0 fully saturated rings. The zero-order valence-corrected chi connectivity index (χ0v) is 6.61. The Morgan fingerprint density at radius 3 is 2.25 bits per heavy atom. The summed E-state index contributed by atoms with van der Waals surface area (Å²) in [6.45, 7) is 0. The monoisotopic (exact) mass is 176 g/mol.